The Kier molecular flexibility index (Phi) is 6.68. The average molecular weight is 389 g/mol. The standard InChI is InChI=1S/C19H23N3O4S/c1-19(2,3)18-21-10-14(27-18)17(25)22-13-7-5-12(6-8-13)9-15(23)20-11-16(24)26-4/h5-8,10H,9,11H2,1-4H3,(H,20,23)(H,22,25). The molecule has 1 aromatic carbocycles. The van der Waals surface area contributed by atoms with E-state index in [-0.39, 0.29) is 30.2 Å². The molecule has 0 fully saturated rings. The van der Waals surface area contributed by atoms with Gasteiger partial charge in [-0.3, -0.25) is 14.4 Å². The zero-order valence-corrected chi connectivity index (χ0v) is 16.6. The molecule has 0 aliphatic carbocycles. The van der Waals surface area contributed by atoms with Crippen molar-refractivity contribution in [1.82, 2.24) is 10.3 Å². The number of nitrogens with one attached hydrogen (secondary N) is 2. The Bertz CT molecular complexity index is 822. The molecule has 2 amide bonds. The fourth-order valence-electron chi connectivity index (χ4n) is 2.12. The van der Waals surface area contributed by atoms with Gasteiger partial charge in [-0.15, -0.1) is 11.3 Å². The van der Waals surface area contributed by atoms with Crippen molar-refractivity contribution in [2.45, 2.75) is 32.6 Å². The Hall–Kier alpha value is -2.74. The minimum absolute atomic E-state index is 0.0979. The largest absolute Gasteiger partial charge is 0.468 e. The van der Waals surface area contributed by atoms with Gasteiger partial charge in [-0.1, -0.05) is 32.9 Å². The topological polar surface area (TPSA) is 97.4 Å². The fourth-order valence-corrected chi connectivity index (χ4v) is 2.98. The number of nitrogens with zero attached hydrogens (tertiary/aromatic N) is 1. The van der Waals surface area contributed by atoms with Crippen LogP contribution < -0.4 is 10.6 Å². The quantitative estimate of drug-likeness (QED) is 0.740. The van der Waals surface area contributed by atoms with Gasteiger partial charge in [-0.2, -0.15) is 0 Å². The molecule has 0 saturated heterocycles. The summed E-state index contributed by atoms with van der Waals surface area (Å²) >= 11 is 1.37. The SMILES string of the molecule is COC(=O)CNC(=O)Cc1ccc(NC(=O)c2cnc(C(C)(C)C)s2)cc1. The summed E-state index contributed by atoms with van der Waals surface area (Å²) in [5.74, 6) is -0.998. The van der Waals surface area contributed by atoms with Crippen molar-refractivity contribution in [3.8, 4) is 0 Å². The van der Waals surface area contributed by atoms with Crippen molar-refractivity contribution < 1.29 is 19.1 Å². The van der Waals surface area contributed by atoms with Gasteiger partial charge in [-0.05, 0) is 17.7 Å². The average Bonchev–Trinajstić information content (AvgIpc) is 3.12. The summed E-state index contributed by atoms with van der Waals surface area (Å²) in [6.07, 6.45) is 1.72. The number of rotatable bonds is 6. The van der Waals surface area contributed by atoms with E-state index in [1.165, 1.54) is 18.4 Å². The smallest absolute Gasteiger partial charge is 0.325 e. The Labute approximate surface area is 162 Å². The maximum Gasteiger partial charge on any atom is 0.325 e. The van der Waals surface area contributed by atoms with Crippen LogP contribution in [-0.4, -0.2) is 36.4 Å². The lowest BCUT2D eigenvalue weighted by Crippen LogP contribution is -2.31. The van der Waals surface area contributed by atoms with Crippen LogP contribution in [0.1, 0.15) is 41.0 Å². The van der Waals surface area contributed by atoms with Gasteiger partial charge in [0.25, 0.3) is 5.91 Å². The first-order chi connectivity index (χ1) is 12.7. The zero-order valence-electron chi connectivity index (χ0n) is 15.8. The van der Waals surface area contributed by atoms with E-state index in [1.54, 1.807) is 30.5 Å². The van der Waals surface area contributed by atoms with Crippen molar-refractivity contribution >= 4 is 34.8 Å². The van der Waals surface area contributed by atoms with Gasteiger partial charge >= 0.3 is 5.97 Å². The van der Waals surface area contributed by atoms with Gasteiger partial charge < -0.3 is 15.4 Å². The number of aromatic nitrogens is 1. The van der Waals surface area contributed by atoms with Crippen molar-refractivity contribution in [1.29, 1.82) is 0 Å². The lowest BCUT2D eigenvalue weighted by Gasteiger charge is -2.13. The minimum atomic E-state index is -0.501. The number of thiazole rings is 1. The lowest BCUT2D eigenvalue weighted by atomic mass is 9.98. The molecule has 2 rings (SSSR count). The van der Waals surface area contributed by atoms with Crippen LogP contribution in [0.25, 0.3) is 0 Å². The highest BCUT2D eigenvalue weighted by Crippen LogP contribution is 2.27. The molecule has 8 heteroatoms. The highest BCUT2D eigenvalue weighted by Gasteiger charge is 2.20. The number of ether oxygens (including phenoxy) is 1. The van der Waals surface area contributed by atoms with E-state index in [4.69, 9.17) is 0 Å². The Balaban J connectivity index is 1.91. The first-order valence-corrected chi connectivity index (χ1v) is 9.21. The number of amides is 2. The van der Waals surface area contributed by atoms with Crippen LogP contribution in [-0.2, 0) is 26.2 Å². The number of anilines is 1. The summed E-state index contributed by atoms with van der Waals surface area (Å²) in [5.41, 5.74) is 1.30. The zero-order chi connectivity index (χ0) is 20.0. The molecular weight excluding hydrogens is 366 g/mol. The Morgan fingerprint density at radius 2 is 1.81 bits per heavy atom. The van der Waals surface area contributed by atoms with Crippen molar-refractivity contribution in [3.63, 3.8) is 0 Å². The van der Waals surface area contributed by atoms with Gasteiger partial charge in [-0.25, -0.2) is 4.98 Å². The molecule has 0 aliphatic rings. The highest BCUT2D eigenvalue weighted by atomic mass is 32.1. The fraction of sp³-hybridized carbons (Fsp3) is 0.368. The Morgan fingerprint density at radius 3 is 2.37 bits per heavy atom. The van der Waals surface area contributed by atoms with E-state index in [0.717, 1.165) is 10.6 Å². The summed E-state index contributed by atoms with van der Waals surface area (Å²) in [7, 11) is 1.26. The van der Waals surface area contributed by atoms with Crippen molar-refractivity contribution in [2.24, 2.45) is 0 Å². The van der Waals surface area contributed by atoms with Crippen LogP contribution in [0.3, 0.4) is 0 Å². The number of carbonyl (C=O) groups excluding carboxylic acids is 3. The second-order valence-electron chi connectivity index (χ2n) is 6.96. The van der Waals surface area contributed by atoms with Crippen LogP contribution in [0.5, 0.6) is 0 Å². The third kappa shape index (κ3) is 6.18. The van der Waals surface area contributed by atoms with E-state index >= 15 is 0 Å². The molecule has 1 heterocycles. The molecule has 0 bridgehead atoms. The van der Waals surface area contributed by atoms with Crippen LogP contribution in [0, 0.1) is 0 Å². The molecule has 0 unspecified atom stereocenters. The molecule has 0 atom stereocenters. The van der Waals surface area contributed by atoms with E-state index in [1.807, 2.05) is 20.8 Å². The first kappa shape index (κ1) is 20.6. The second kappa shape index (κ2) is 8.77. The second-order valence-corrected chi connectivity index (χ2v) is 7.99. The van der Waals surface area contributed by atoms with Crippen molar-refractivity contribution in [2.75, 3.05) is 19.0 Å². The number of hydrogen-bond acceptors (Lipinski definition) is 6. The van der Waals surface area contributed by atoms with Gasteiger partial charge in [0.1, 0.15) is 11.4 Å². The maximum absolute atomic E-state index is 12.3. The third-order valence-electron chi connectivity index (χ3n) is 3.61. The maximum atomic E-state index is 12.3. The number of benzene rings is 1. The number of carbonyl (C=O) groups is 3. The molecule has 2 N–H and O–H groups in total. The molecule has 0 spiro atoms. The summed E-state index contributed by atoms with van der Waals surface area (Å²) in [4.78, 5) is 40.0. The van der Waals surface area contributed by atoms with Crippen LogP contribution in [0.15, 0.2) is 30.5 Å². The molecule has 1 aromatic heterocycles. The van der Waals surface area contributed by atoms with E-state index in [2.05, 4.69) is 20.4 Å². The minimum Gasteiger partial charge on any atom is -0.468 e. The molecule has 2 aromatic rings. The normalized spacial score (nSPS) is 11.0. The molecule has 0 radical (unpaired) electrons. The Morgan fingerprint density at radius 1 is 1.15 bits per heavy atom. The van der Waals surface area contributed by atoms with E-state index < -0.39 is 5.97 Å². The summed E-state index contributed by atoms with van der Waals surface area (Å²) in [6.45, 7) is 5.99. The molecule has 0 aliphatic heterocycles. The summed E-state index contributed by atoms with van der Waals surface area (Å²) < 4.78 is 4.46. The van der Waals surface area contributed by atoms with E-state index in [9.17, 15) is 14.4 Å². The van der Waals surface area contributed by atoms with Gasteiger partial charge in [0.15, 0.2) is 0 Å². The molecule has 7 nitrogen and oxygen atoms in total. The predicted octanol–water partition coefficient (Wildman–Crippen LogP) is 2.52. The molecule has 144 valence electrons. The van der Waals surface area contributed by atoms with Gasteiger partial charge in [0.05, 0.1) is 24.7 Å². The van der Waals surface area contributed by atoms with Gasteiger partial charge in [0.2, 0.25) is 5.91 Å². The lowest BCUT2D eigenvalue weighted by molar-refractivity contribution is -0.141. The number of hydrogen-bond donors (Lipinski definition) is 2. The van der Waals surface area contributed by atoms with Crippen LogP contribution in [0.4, 0.5) is 5.69 Å². The summed E-state index contributed by atoms with van der Waals surface area (Å²) in [5, 5.41) is 6.20. The van der Waals surface area contributed by atoms with Crippen molar-refractivity contribution in [3.05, 3.63) is 45.9 Å². The summed E-state index contributed by atoms with van der Waals surface area (Å²) in [6, 6.07) is 6.96. The number of esters is 1. The molecule has 27 heavy (non-hydrogen) atoms. The first-order valence-electron chi connectivity index (χ1n) is 8.39. The van der Waals surface area contributed by atoms with Gasteiger partial charge in [0, 0.05) is 11.1 Å². The predicted molar refractivity (Wildman–Crippen MR) is 104 cm³/mol. The monoisotopic (exact) mass is 389 g/mol. The molecular formula is C19H23N3O4S. The third-order valence-corrected chi connectivity index (χ3v) is 5.03. The van der Waals surface area contributed by atoms with E-state index in [0.29, 0.717) is 10.6 Å². The van der Waals surface area contributed by atoms with Crippen LogP contribution in [0.2, 0.25) is 0 Å². The number of methoxy groups -OCH3 is 1. The molecule has 0 saturated carbocycles. The van der Waals surface area contributed by atoms with Crippen LogP contribution >= 0.6 is 11.3 Å². The highest BCUT2D eigenvalue weighted by molar-refractivity contribution is 7.13.